The minimum atomic E-state index is 0.467. The Bertz CT molecular complexity index is 453. The molecule has 18 heavy (non-hydrogen) atoms. The molecule has 4 nitrogen and oxygen atoms in total. The lowest BCUT2D eigenvalue weighted by Crippen LogP contribution is -2.37. The third-order valence-electron chi connectivity index (χ3n) is 3.45. The molecule has 1 heterocycles. The maximum absolute atomic E-state index is 9.23. The van der Waals surface area contributed by atoms with Crippen molar-refractivity contribution >= 4 is 5.69 Å². The first-order chi connectivity index (χ1) is 8.80. The van der Waals surface area contributed by atoms with E-state index in [0.717, 1.165) is 30.1 Å². The van der Waals surface area contributed by atoms with Crippen LogP contribution in [0.3, 0.4) is 0 Å². The molecule has 1 aliphatic rings. The van der Waals surface area contributed by atoms with Crippen LogP contribution in [0.2, 0.25) is 0 Å². The second-order valence-corrected chi connectivity index (χ2v) is 4.54. The molecule has 1 aromatic carbocycles. The first-order valence-corrected chi connectivity index (χ1v) is 6.29. The van der Waals surface area contributed by atoms with Crippen LogP contribution in [-0.4, -0.2) is 33.3 Å². The van der Waals surface area contributed by atoms with Gasteiger partial charge in [0.2, 0.25) is 0 Å². The summed E-state index contributed by atoms with van der Waals surface area (Å²) >= 11 is 0. The molecule has 0 amide bonds. The number of rotatable bonds is 4. The standard InChI is InChI=1S/C14H19N3O/c1-16-10-12-4-3-7-17(12)14-8-13(18-2)6-5-11(14)9-15/h5-6,8,12,16H,3-4,7,10H2,1-2H3. The maximum atomic E-state index is 9.23. The quantitative estimate of drug-likeness (QED) is 0.878. The normalized spacial score (nSPS) is 18.7. The molecule has 0 spiro atoms. The topological polar surface area (TPSA) is 48.3 Å². The minimum Gasteiger partial charge on any atom is -0.497 e. The van der Waals surface area contributed by atoms with Gasteiger partial charge >= 0.3 is 0 Å². The highest BCUT2D eigenvalue weighted by atomic mass is 16.5. The molecule has 0 aromatic heterocycles. The number of nitriles is 1. The third-order valence-corrected chi connectivity index (χ3v) is 3.45. The van der Waals surface area contributed by atoms with Crippen molar-refractivity contribution in [3.63, 3.8) is 0 Å². The number of nitrogens with one attached hydrogen (secondary N) is 1. The smallest absolute Gasteiger partial charge is 0.121 e. The van der Waals surface area contributed by atoms with Crippen molar-refractivity contribution in [1.82, 2.24) is 5.32 Å². The van der Waals surface area contributed by atoms with Crippen molar-refractivity contribution in [2.75, 3.05) is 32.1 Å². The number of methoxy groups -OCH3 is 1. The van der Waals surface area contributed by atoms with Gasteiger partial charge in [-0.3, -0.25) is 0 Å². The third kappa shape index (κ3) is 2.41. The highest BCUT2D eigenvalue weighted by molar-refractivity contribution is 5.63. The molecule has 0 aliphatic carbocycles. The lowest BCUT2D eigenvalue weighted by Gasteiger charge is -2.27. The van der Waals surface area contributed by atoms with Gasteiger partial charge in [0.25, 0.3) is 0 Å². The largest absolute Gasteiger partial charge is 0.497 e. The van der Waals surface area contributed by atoms with Crippen LogP contribution in [0.4, 0.5) is 5.69 Å². The van der Waals surface area contributed by atoms with E-state index in [-0.39, 0.29) is 0 Å². The fraction of sp³-hybridized carbons (Fsp3) is 0.500. The second kappa shape index (κ2) is 5.74. The molecule has 1 atom stereocenters. The summed E-state index contributed by atoms with van der Waals surface area (Å²) in [5.41, 5.74) is 1.72. The summed E-state index contributed by atoms with van der Waals surface area (Å²) in [6.07, 6.45) is 2.34. The predicted molar refractivity (Wildman–Crippen MR) is 72.0 cm³/mol. The average Bonchev–Trinajstić information content (AvgIpc) is 2.86. The molecule has 1 fully saturated rings. The Balaban J connectivity index is 2.33. The Morgan fingerprint density at radius 2 is 2.39 bits per heavy atom. The lowest BCUT2D eigenvalue weighted by molar-refractivity contribution is 0.414. The van der Waals surface area contributed by atoms with E-state index < -0.39 is 0 Å². The van der Waals surface area contributed by atoms with Crippen LogP contribution in [0.25, 0.3) is 0 Å². The Kier molecular flexibility index (Phi) is 4.06. The molecule has 1 N–H and O–H groups in total. The zero-order chi connectivity index (χ0) is 13.0. The molecule has 1 aliphatic heterocycles. The summed E-state index contributed by atoms with van der Waals surface area (Å²) in [4.78, 5) is 2.32. The van der Waals surface area contributed by atoms with Crippen LogP contribution in [0.1, 0.15) is 18.4 Å². The average molecular weight is 245 g/mol. The Labute approximate surface area is 108 Å². The van der Waals surface area contributed by atoms with Gasteiger partial charge in [-0.25, -0.2) is 0 Å². The molecule has 0 radical (unpaired) electrons. The maximum Gasteiger partial charge on any atom is 0.121 e. The van der Waals surface area contributed by atoms with E-state index in [9.17, 15) is 5.26 Å². The number of likely N-dealkylation sites (N-methyl/N-ethyl adjacent to an activating group) is 1. The van der Waals surface area contributed by atoms with E-state index in [1.807, 2.05) is 25.2 Å². The van der Waals surface area contributed by atoms with Gasteiger partial charge in [-0.15, -0.1) is 0 Å². The number of hydrogen-bond acceptors (Lipinski definition) is 4. The van der Waals surface area contributed by atoms with E-state index in [1.165, 1.54) is 12.8 Å². The fourth-order valence-corrected chi connectivity index (χ4v) is 2.57. The number of hydrogen-bond donors (Lipinski definition) is 1. The molecule has 1 aromatic rings. The Hall–Kier alpha value is -1.73. The summed E-state index contributed by atoms with van der Waals surface area (Å²) in [5, 5.41) is 12.4. The van der Waals surface area contributed by atoms with Gasteiger partial charge in [0.15, 0.2) is 0 Å². The molecule has 4 heteroatoms. The number of nitrogens with zero attached hydrogens (tertiary/aromatic N) is 2. The zero-order valence-electron chi connectivity index (χ0n) is 10.9. The van der Waals surface area contributed by atoms with Crippen LogP contribution >= 0.6 is 0 Å². The van der Waals surface area contributed by atoms with Crippen molar-refractivity contribution in [3.05, 3.63) is 23.8 Å². The minimum absolute atomic E-state index is 0.467. The van der Waals surface area contributed by atoms with Crippen LogP contribution in [-0.2, 0) is 0 Å². The van der Waals surface area contributed by atoms with Crippen molar-refractivity contribution in [2.45, 2.75) is 18.9 Å². The monoisotopic (exact) mass is 245 g/mol. The molecular weight excluding hydrogens is 226 g/mol. The van der Waals surface area contributed by atoms with Crippen molar-refractivity contribution in [3.8, 4) is 11.8 Å². The van der Waals surface area contributed by atoms with Gasteiger partial charge in [0, 0.05) is 25.2 Å². The van der Waals surface area contributed by atoms with Gasteiger partial charge in [0.1, 0.15) is 11.8 Å². The van der Waals surface area contributed by atoms with Crippen molar-refractivity contribution in [1.29, 1.82) is 5.26 Å². The van der Waals surface area contributed by atoms with Gasteiger partial charge in [0.05, 0.1) is 18.4 Å². The van der Waals surface area contributed by atoms with Crippen LogP contribution < -0.4 is 15.0 Å². The zero-order valence-corrected chi connectivity index (χ0v) is 10.9. The lowest BCUT2D eigenvalue weighted by atomic mass is 10.1. The predicted octanol–water partition coefficient (Wildman–Crippen LogP) is 1.76. The molecule has 96 valence electrons. The van der Waals surface area contributed by atoms with Crippen molar-refractivity contribution in [2.24, 2.45) is 0 Å². The molecule has 0 bridgehead atoms. The summed E-state index contributed by atoms with van der Waals surface area (Å²) < 4.78 is 5.26. The molecule has 1 unspecified atom stereocenters. The summed E-state index contributed by atoms with van der Waals surface area (Å²) in [5.74, 6) is 0.805. The van der Waals surface area contributed by atoms with E-state index >= 15 is 0 Å². The van der Waals surface area contributed by atoms with Crippen LogP contribution in [0, 0.1) is 11.3 Å². The molecule has 1 saturated heterocycles. The Morgan fingerprint density at radius 3 is 3.06 bits per heavy atom. The number of ether oxygens (including phenoxy) is 1. The van der Waals surface area contributed by atoms with Crippen LogP contribution in [0.15, 0.2) is 18.2 Å². The first kappa shape index (κ1) is 12.7. The van der Waals surface area contributed by atoms with E-state index in [0.29, 0.717) is 6.04 Å². The molecule has 0 saturated carbocycles. The van der Waals surface area contributed by atoms with Gasteiger partial charge in [-0.2, -0.15) is 5.26 Å². The number of benzene rings is 1. The van der Waals surface area contributed by atoms with Gasteiger partial charge in [-0.1, -0.05) is 0 Å². The summed E-state index contributed by atoms with van der Waals surface area (Å²) in [6, 6.07) is 8.38. The van der Waals surface area contributed by atoms with Crippen LogP contribution in [0.5, 0.6) is 5.75 Å². The number of anilines is 1. The Morgan fingerprint density at radius 1 is 1.56 bits per heavy atom. The SMILES string of the molecule is CNCC1CCCN1c1cc(OC)ccc1C#N. The molecular formula is C14H19N3O. The first-order valence-electron chi connectivity index (χ1n) is 6.29. The summed E-state index contributed by atoms with van der Waals surface area (Å²) in [6.45, 7) is 1.95. The highest BCUT2D eigenvalue weighted by Crippen LogP contribution is 2.31. The van der Waals surface area contributed by atoms with Gasteiger partial charge < -0.3 is 15.0 Å². The summed E-state index contributed by atoms with van der Waals surface area (Å²) in [7, 11) is 3.62. The fourth-order valence-electron chi connectivity index (χ4n) is 2.57. The van der Waals surface area contributed by atoms with E-state index in [1.54, 1.807) is 7.11 Å². The van der Waals surface area contributed by atoms with Crippen molar-refractivity contribution < 1.29 is 4.74 Å². The molecule has 2 rings (SSSR count). The van der Waals surface area contributed by atoms with E-state index in [2.05, 4.69) is 16.3 Å². The highest BCUT2D eigenvalue weighted by Gasteiger charge is 2.26. The van der Waals surface area contributed by atoms with Gasteiger partial charge in [-0.05, 0) is 32.0 Å². The van der Waals surface area contributed by atoms with E-state index in [4.69, 9.17) is 4.74 Å². The second-order valence-electron chi connectivity index (χ2n) is 4.54.